The molecule has 0 unspecified atom stereocenters. The van der Waals surface area contributed by atoms with Gasteiger partial charge in [-0.05, 0) is 9.38 Å². The van der Waals surface area contributed by atoms with E-state index in [4.69, 9.17) is 0 Å². The van der Waals surface area contributed by atoms with Crippen LogP contribution < -0.4 is 0 Å². The largest absolute Gasteiger partial charge is 0.436 e. The Bertz CT molecular complexity index is 134. The number of hydrogen-bond donors (Lipinski definition) is 0. The fourth-order valence-corrected chi connectivity index (χ4v) is 0.430. The average molecular weight is 97.1 g/mol. The predicted octanol–water partition coefficient (Wildman–Crippen LogP) is -0.239. The van der Waals surface area contributed by atoms with Gasteiger partial charge in [0.2, 0.25) is 0 Å². The van der Waals surface area contributed by atoms with Crippen LogP contribution in [-0.4, -0.2) is 29.7 Å². The highest BCUT2D eigenvalue weighted by molar-refractivity contribution is 5.59. The van der Waals surface area contributed by atoms with Crippen molar-refractivity contribution in [3.63, 3.8) is 0 Å². The molecular formula is C4H7N3+2. The van der Waals surface area contributed by atoms with Crippen LogP contribution in [0.2, 0.25) is 0 Å². The molecule has 0 N–H and O–H groups in total. The summed E-state index contributed by atoms with van der Waals surface area (Å²) in [5, 5.41) is 3.89. The van der Waals surface area contributed by atoms with E-state index in [1.165, 1.54) is 0 Å². The third kappa shape index (κ3) is 0.824. The van der Waals surface area contributed by atoms with E-state index in [0.717, 1.165) is 0 Å². The molecule has 0 aromatic rings. The molecule has 0 aromatic heterocycles. The van der Waals surface area contributed by atoms with Gasteiger partial charge in [-0.3, -0.25) is 0 Å². The van der Waals surface area contributed by atoms with E-state index in [2.05, 4.69) is 11.8 Å². The summed E-state index contributed by atoms with van der Waals surface area (Å²) in [6.45, 7) is 2.84. The molecular weight excluding hydrogens is 90.1 g/mol. The summed E-state index contributed by atoms with van der Waals surface area (Å²) in [5.74, 6) is 0. The first kappa shape index (κ1) is 4.43. The second-order valence-corrected chi connectivity index (χ2v) is 1.44. The van der Waals surface area contributed by atoms with Gasteiger partial charge < -0.3 is 0 Å². The monoisotopic (exact) mass is 97.1 g/mol. The highest BCUT2D eigenvalue weighted by atomic mass is 15.5. The molecule has 0 aromatic carbocycles. The molecule has 7 heavy (non-hydrogen) atoms. The third-order valence-corrected chi connectivity index (χ3v) is 0.707. The Kier molecular flexibility index (Phi) is 0.889. The van der Waals surface area contributed by atoms with Gasteiger partial charge in [0.1, 0.15) is 0 Å². The van der Waals surface area contributed by atoms with Crippen LogP contribution in [0.5, 0.6) is 0 Å². The molecule has 0 atom stereocenters. The lowest BCUT2D eigenvalue weighted by molar-refractivity contribution is -0.653. The first-order valence-corrected chi connectivity index (χ1v) is 2.06. The van der Waals surface area contributed by atoms with Gasteiger partial charge in [-0.15, -0.1) is 0 Å². The SMILES string of the molecule is C[N+]1=C[C][N+](C)=N1. The van der Waals surface area contributed by atoms with Crippen molar-refractivity contribution in [2.45, 2.75) is 0 Å². The third-order valence-electron chi connectivity index (χ3n) is 0.707. The molecule has 36 valence electrons. The second kappa shape index (κ2) is 1.40. The van der Waals surface area contributed by atoms with E-state index >= 15 is 0 Å². The number of rotatable bonds is 0. The van der Waals surface area contributed by atoms with E-state index in [-0.39, 0.29) is 0 Å². The molecule has 1 rings (SSSR count). The standard InChI is InChI=1S/C4H7N3/c1-6-3-4-7(2)5-6/h3H,1-2H3/q+2. The molecule has 0 saturated carbocycles. The fourth-order valence-electron chi connectivity index (χ4n) is 0.430. The van der Waals surface area contributed by atoms with Gasteiger partial charge >= 0.3 is 6.54 Å². The van der Waals surface area contributed by atoms with Gasteiger partial charge in [0.25, 0.3) is 11.4 Å². The molecule has 0 amide bonds. The van der Waals surface area contributed by atoms with Crippen LogP contribution in [0.25, 0.3) is 0 Å². The smallest absolute Gasteiger partial charge is 0.0363 e. The lowest BCUT2D eigenvalue weighted by Gasteiger charge is -1.62. The molecule has 2 radical (unpaired) electrons. The Balaban J connectivity index is 2.69. The zero-order chi connectivity index (χ0) is 5.28. The summed E-state index contributed by atoms with van der Waals surface area (Å²) in [6, 6.07) is 0. The van der Waals surface area contributed by atoms with Crippen molar-refractivity contribution in [2.75, 3.05) is 14.1 Å². The molecule has 1 heterocycles. The molecule has 1 aliphatic heterocycles. The Morgan fingerprint density at radius 2 is 2.29 bits per heavy atom. The minimum absolute atomic E-state index is 1.62. The summed E-state index contributed by atoms with van der Waals surface area (Å²) in [7, 11) is 3.69. The maximum atomic E-state index is 3.89. The topological polar surface area (TPSA) is 18.4 Å². The van der Waals surface area contributed by atoms with Crippen LogP contribution in [0.4, 0.5) is 0 Å². The number of nitrogens with zero attached hydrogens (tertiary/aromatic N) is 3. The van der Waals surface area contributed by atoms with Crippen LogP contribution in [0.1, 0.15) is 0 Å². The summed E-state index contributed by atoms with van der Waals surface area (Å²) in [4.78, 5) is 0. The summed E-state index contributed by atoms with van der Waals surface area (Å²) in [6.07, 6.45) is 1.76. The van der Waals surface area contributed by atoms with Gasteiger partial charge in [0.15, 0.2) is 14.1 Å². The summed E-state index contributed by atoms with van der Waals surface area (Å²) >= 11 is 0. The highest BCUT2D eigenvalue weighted by Gasteiger charge is 2.16. The normalized spacial score (nSPS) is 19.1. The van der Waals surface area contributed by atoms with Crippen LogP contribution in [0.3, 0.4) is 0 Å². The summed E-state index contributed by atoms with van der Waals surface area (Å²) in [5.41, 5.74) is 0. The van der Waals surface area contributed by atoms with E-state index < -0.39 is 0 Å². The Hall–Kier alpha value is -0.730. The van der Waals surface area contributed by atoms with Gasteiger partial charge in [0.05, 0.1) is 0 Å². The van der Waals surface area contributed by atoms with E-state index in [0.29, 0.717) is 0 Å². The first-order valence-electron chi connectivity index (χ1n) is 2.06. The maximum absolute atomic E-state index is 3.89. The average Bonchev–Trinajstić information content (AvgIpc) is 1.87. The van der Waals surface area contributed by atoms with Gasteiger partial charge in [-0.25, -0.2) is 0 Å². The van der Waals surface area contributed by atoms with Crippen molar-refractivity contribution in [1.82, 2.24) is 0 Å². The van der Waals surface area contributed by atoms with Crippen molar-refractivity contribution in [1.29, 1.82) is 0 Å². The molecule has 0 bridgehead atoms. The molecule has 3 heteroatoms. The predicted molar refractivity (Wildman–Crippen MR) is 24.1 cm³/mol. The van der Waals surface area contributed by atoms with Crippen molar-refractivity contribution < 1.29 is 9.38 Å². The van der Waals surface area contributed by atoms with E-state index in [1.807, 2.05) is 14.1 Å². The van der Waals surface area contributed by atoms with Crippen molar-refractivity contribution in [3.05, 3.63) is 6.54 Å². The van der Waals surface area contributed by atoms with E-state index in [9.17, 15) is 0 Å². The van der Waals surface area contributed by atoms with Crippen molar-refractivity contribution >= 4 is 6.21 Å². The molecule has 0 saturated heterocycles. The Labute approximate surface area is 42.6 Å². The van der Waals surface area contributed by atoms with Gasteiger partial charge in [-0.1, -0.05) is 0 Å². The van der Waals surface area contributed by atoms with Crippen LogP contribution in [-0.2, 0) is 0 Å². The lowest BCUT2D eigenvalue weighted by atomic mass is 10.7. The van der Waals surface area contributed by atoms with Crippen LogP contribution in [0, 0.1) is 6.54 Å². The molecule has 0 spiro atoms. The second-order valence-electron chi connectivity index (χ2n) is 1.44. The van der Waals surface area contributed by atoms with Crippen molar-refractivity contribution in [3.8, 4) is 0 Å². The zero-order valence-electron chi connectivity index (χ0n) is 4.42. The zero-order valence-corrected chi connectivity index (χ0v) is 4.42. The minimum Gasteiger partial charge on any atom is -0.0363 e. The van der Waals surface area contributed by atoms with Crippen LogP contribution in [0.15, 0.2) is 5.22 Å². The van der Waals surface area contributed by atoms with Crippen LogP contribution >= 0.6 is 0 Å². The Morgan fingerprint density at radius 1 is 1.57 bits per heavy atom. The first-order chi connectivity index (χ1) is 3.29. The lowest BCUT2D eigenvalue weighted by Crippen LogP contribution is -1.90. The maximum Gasteiger partial charge on any atom is 0.436 e. The Morgan fingerprint density at radius 3 is 2.43 bits per heavy atom. The number of hydrogen-bond acceptors (Lipinski definition) is 1. The van der Waals surface area contributed by atoms with E-state index in [1.54, 1.807) is 15.6 Å². The molecule has 0 aliphatic carbocycles. The van der Waals surface area contributed by atoms with Crippen molar-refractivity contribution in [2.24, 2.45) is 5.22 Å². The summed E-state index contributed by atoms with van der Waals surface area (Å²) < 4.78 is 3.32. The molecule has 0 fully saturated rings. The van der Waals surface area contributed by atoms with Gasteiger partial charge in [0, 0.05) is 0 Å². The molecule has 3 nitrogen and oxygen atoms in total. The van der Waals surface area contributed by atoms with Gasteiger partial charge in [-0.2, -0.15) is 0 Å². The highest BCUT2D eigenvalue weighted by Crippen LogP contribution is 1.84. The fraction of sp³-hybridized carbons (Fsp3) is 0.500. The molecule has 1 aliphatic rings. The quantitative estimate of drug-likeness (QED) is 0.371. The minimum atomic E-state index is 1.62.